The van der Waals surface area contributed by atoms with Gasteiger partial charge in [0.25, 0.3) is 0 Å². The number of nitrogens with two attached hydrogens (primary N) is 1. The monoisotopic (exact) mass is 307 g/mol. The zero-order valence-electron chi connectivity index (χ0n) is 12.1. The van der Waals surface area contributed by atoms with E-state index in [1.165, 1.54) is 0 Å². The highest BCUT2D eigenvalue weighted by Crippen LogP contribution is 2.22. The molecule has 0 radical (unpaired) electrons. The first kappa shape index (κ1) is 15.4. The van der Waals surface area contributed by atoms with Crippen molar-refractivity contribution in [3.8, 4) is 0 Å². The first-order valence-electron chi connectivity index (χ1n) is 6.83. The summed E-state index contributed by atoms with van der Waals surface area (Å²) in [5.74, 6) is -0.409. The van der Waals surface area contributed by atoms with Gasteiger partial charge in [-0.05, 0) is 37.6 Å². The molecule has 0 aliphatic heterocycles. The van der Waals surface area contributed by atoms with Crippen LogP contribution in [0.2, 0.25) is 5.02 Å². The maximum absolute atomic E-state index is 12.0. The van der Waals surface area contributed by atoms with Crippen molar-refractivity contribution in [2.24, 2.45) is 0 Å². The van der Waals surface area contributed by atoms with E-state index < -0.39 is 5.97 Å². The van der Waals surface area contributed by atoms with Gasteiger partial charge in [-0.15, -0.1) is 0 Å². The Morgan fingerprint density at radius 2 is 2.00 bits per heavy atom. The van der Waals surface area contributed by atoms with Crippen LogP contribution >= 0.6 is 11.6 Å². The number of rotatable bonds is 5. The minimum Gasteiger partial charge on any atom is -0.456 e. The molecule has 0 spiro atoms. The predicted molar refractivity (Wildman–Crippen MR) is 82.3 cm³/mol. The van der Waals surface area contributed by atoms with Crippen molar-refractivity contribution >= 4 is 23.3 Å². The molecule has 0 amide bonds. The number of halogens is 1. The summed E-state index contributed by atoms with van der Waals surface area (Å²) in [6.07, 6.45) is 0.741. The smallest absolute Gasteiger partial charge is 0.338 e. The van der Waals surface area contributed by atoms with Gasteiger partial charge in [0.2, 0.25) is 0 Å². The Kier molecular flexibility index (Phi) is 4.85. The third-order valence-corrected chi connectivity index (χ3v) is 3.62. The molecule has 2 rings (SSSR count). The van der Waals surface area contributed by atoms with Gasteiger partial charge in [0.15, 0.2) is 0 Å². The van der Waals surface area contributed by atoms with Gasteiger partial charge in [0, 0.05) is 12.2 Å². The van der Waals surface area contributed by atoms with Gasteiger partial charge >= 0.3 is 5.97 Å². The van der Waals surface area contributed by atoms with Crippen LogP contribution in [0.15, 0.2) is 24.3 Å². The Bertz CT molecular complexity index is 635. The molecule has 0 saturated heterocycles. The van der Waals surface area contributed by atoms with E-state index in [2.05, 4.69) is 5.10 Å². The summed E-state index contributed by atoms with van der Waals surface area (Å²) < 4.78 is 7.07. The summed E-state index contributed by atoms with van der Waals surface area (Å²) in [5, 5.41) is 4.96. The van der Waals surface area contributed by atoms with Crippen LogP contribution in [-0.2, 0) is 24.3 Å². The summed E-state index contributed by atoms with van der Waals surface area (Å²) in [7, 11) is 0. The third kappa shape index (κ3) is 3.36. The number of anilines is 1. The van der Waals surface area contributed by atoms with Crippen molar-refractivity contribution < 1.29 is 9.53 Å². The van der Waals surface area contributed by atoms with Crippen molar-refractivity contribution in [3.05, 3.63) is 46.2 Å². The highest BCUT2D eigenvalue weighted by atomic mass is 35.5. The largest absolute Gasteiger partial charge is 0.456 e. The number of carbonyl (C=O) groups is 1. The van der Waals surface area contributed by atoms with Crippen LogP contribution in [0.4, 0.5) is 5.69 Å². The average Bonchev–Trinajstić information content (AvgIpc) is 2.81. The lowest BCUT2D eigenvalue weighted by atomic mass is 10.2. The highest BCUT2D eigenvalue weighted by Gasteiger charge is 2.16. The zero-order valence-corrected chi connectivity index (χ0v) is 12.9. The van der Waals surface area contributed by atoms with Gasteiger partial charge in [-0.2, -0.15) is 5.10 Å². The molecule has 2 N–H and O–H groups in total. The SMILES string of the molecule is CCc1nn(CC)c(COC(=O)c2ccc(N)cc2)c1Cl. The molecular weight excluding hydrogens is 290 g/mol. The quantitative estimate of drug-likeness (QED) is 0.681. The van der Waals surface area contributed by atoms with E-state index in [-0.39, 0.29) is 6.61 Å². The molecular formula is C15H18ClN3O2. The van der Waals surface area contributed by atoms with Gasteiger partial charge in [-0.3, -0.25) is 4.68 Å². The summed E-state index contributed by atoms with van der Waals surface area (Å²) in [6.45, 7) is 4.73. The lowest BCUT2D eigenvalue weighted by Gasteiger charge is -2.07. The van der Waals surface area contributed by atoms with Gasteiger partial charge < -0.3 is 10.5 Å². The topological polar surface area (TPSA) is 70.1 Å². The molecule has 1 heterocycles. The third-order valence-electron chi connectivity index (χ3n) is 3.18. The summed E-state index contributed by atoms with van der Waals surface area (Å²) in [4.78, 5) is 12.0. The van der Waals surface area contributed by atoms with Crippen LogP contribution in [-0.4, -0.2) is 15.7 Å². The number of esters is 1. The first-order valence-corrected chi connectivity index (χ1v) is 7.21. The molecule has 0 unspecified atom stereocenters. The Morgan fingerprint density at radius 1 is 1.33 bits per heavy atom. The molecule has 2 aromatic rings. The normalized spacial score (nSPS) is 10.6. The fourth-order valence-corrected chi connectivity index (χ4v) is 2.32. The van der Waals surface area contributed by atoms with Crippen molar-refractivity contribution in [1.82, 2.24) is 9.78 Å². The zero-order chi connectivity index (χ0) is 15.4. The number of hydrogen-bond donors (Lipinski definition) is 1. The minimum atomic E-state index is -0.409. The Balaban J connectivity index is 2.11. The molecule has 0 aliphatic rings. The number of nitrogen functional groups attached to an aromatic ring is 1. The number of aromatic nitrogens is 2. The number of aryl methyl sites for hydroxylation is 2. The molecule has 0 saturated carbocycles. The molecule has 112 valence electrons. The fraction of sp³-hybridized carbons (Fsp3) is 0.333. The van der Waals surface area contributed by atoms with Gasteiger partial charge in [0.1, 0.15) is 6.61 Å². The standard InChI is InChI=1S/C15H18ClN3O2/c1-3-12-14(16)13(19(4-2)18-12)9-21-15(20)10-5-7-11(17)8-6-10/h5-8H,3-4,9,17H2,1-2H3. The van der Waals surface area contributed by atoms with Crippen LogP contribution in [0.1, 0.15) is 35.6 Å². The molecule has 0 aliphatic carbocycles. The van der Waals surface area contributed by atoms with E-state index in [0.29, 0.717) is 22.8 Å². The second-order valence-electron chi connectivity index (χ2n) is 4.57. The van der Waals surface area contributed by atoms with Crippen molar-refractivity contribution in [2.45, 2.75) is 33.4 Å². The van der Waals surface area contributed by atoms with Crippen LogP contribution in [0.5, 0.6) is 0 Å². The fourth-order valence-electron chi connectivity index (χ4n) is 1.99. The van der Waals surface area contributed by atoms with Crippen LogP contribution < -0.4 is 5.73 Å². The van der Waals surface area contributed by atoms with Crippen LogP contribution in [0.3, 0.4) is 0 Å². The summed E-state index contributed by atoms with van der Waals surface area (Å²) in [6, 6.07) is 6.59. The minimum absolute atomic E-state index is 0.100. The molecule has 5 nitrogen and oxygen atoms in total. The predicted octanol–water partition coefficient (Wildman–Crippen LogP) is 3.06. The Hall–Kier alpha value is -2.01. The van der Waals surface area contributed by atoms with Crippen LogP contribution in [0, 0.1) is 0 Å². The molecule has 6 heteroatoms. The second-order valence-corrected chi connectivity index (χ2v) is 4.95. The van der Waals surface area contributed by atoms with E-state index >= 15 is 0 Å². The Morgan fingerprint density at radius 3 is 2.57 bits per heavy atom. The van der Waals surface area contributed by atoms with Crippen molar-refractivity contribution in [1.29, 1.82) is 0 Å². The summed E-state index contributed by atoms with van der Waals surface area (Å²) >= 11 is 6.27. The molecule has 0 bridgehead atoms. The molecule has 21 heavy (non-hydrogen) atoms. The summed E-state index contributed by atoms with van der Waals surface area (Å²) in [5.41, 5.74) is 8.19. The lowest BCUT2D eigenvalue weighted by molar-refractivity contribution is 0.0462. The first-order chi connectivity index (χ1) is 10.1. The lowest BCUT2D eigenvalue weighted by Crippen LogP contribution is -2.09. The Labute approximate surface area is 128 Å². The van der Waals surface area contributed by atoms with Gasteiger partial charge in [-0.25, -0.2) is 4.79 Å². The maximum Gasteiger partial charge on any atom is 0.338 e. The molecule has 0 atom stereocenters. The van der Waals surface area contributed by atoms with E-state index in [1.54, 1.807) is 28.9 Å². The van der Waals surface area contributed by atoms with Crippen LogP contribution in [0.25, 0.3) is 0 Å². The second kappa shape index (κ2) is 6.63. The van der Waals surface area contributed by atoms with E-state index in [0.717, 1.165) is 17.8 Å². The van der Waals surface area contributed by atoms with E-state index in [4.69, 9.17) is 22.1 Å². The van der Waals surface area contributed by atoms with Crippen molar-refractivity contribution in [2.75, 3.05) is 5.73 Å². The van der Waals surface area contributed by atoms with E-state index in [9.17, 15) is 4.79 Å². The number of nitrogens with zero attached hydrogens (tertiary/aromatic N) is 2. The molecule has 1 aromatic heterocycles. The van der Waals surface area contributed by atoms with Crippen molar-refractivity contribution in [3.63, 3.8) is 0 Å². The number of hydrogen-bond acceptors (Lipinski definition) is 4. The number of benzene rings is 1. The average molecular weight is 308 g/mol. The maximum atomic E-state index is 12.0. The van der Waals surface area contributed by atoms with Gasteiger partial charge in [-0.1, -0.05) is 18.5 Å². The van der Waals surface area contributed by atoms with E-state index in [1.807, 2.05) is 13.8 Å². The number of carbonyl (C=O) groups excluding carboxylic acids is 1. The number of ether oxygens (including phenoxy) is 1. The highest BCUT2D eigenvalue weighted by molar-refractivity contribution is 6.31. The van der Waals surface area contributed by atoms with Gasteiger partial charge in [0.05, 0.1) is 22.0 Å². The molecule has 1 aromatic carbocycles. The molecule has 0 fully saturated rings.